The number of hydrogen-bond donors (Lipinski definition) is 2. The molecule has 0 aromatic heterocycles. The van der Waals surface area contributed by atoms with Crippen LogP contribution in [0.25, 0.3) is 0 Å². The summed E-state index contributed by atoms with van der Waals surface area (Å²) >= 11 is 0. The van der Waals surface area contributed by atoms with Crippen LogP contribution in [0.3, 0.4) is 0 Å². The molecule has 140 valence electrons. The van der Waals surface area contributed by atoms with E-state index in [1.165, 1.54) is 5.56 Å². The van der Waals surface area contributed by atoms with Gasteiger partial charge in [0.2, 0.25) is 0 Å². The molecule has 0 saturated heterocycles. The Morgan fingerprint density at radius 2 is 1.88 bits per heavy atom. The summed E-state index contributed by atoms with van der Waals surface area (Å²) < 4.78 is 5.46. The number of nitrogens with zero attached hydrogens (tertiary/aromatic N) is 1. The molecule has 2 amide bonds. The maximum absolute atomic E-state index is 12.2. The third-order valence-electron chi connectivity index (χ3n) is 4.16. The zero-order valence-electron chi connectivity index (χ0n) is 16.1. The van der Waals surface area contributed by atoms with Crippen LogP contribution >= 0.6 is 0 Å². The second-order valence-electron chi connectivity index (χ2n) is 6.78. The van der Waals surface area contributed by atoms with Crippen LogP contribution in [0.5, 0.6) is 5.75 Å². The van der Waals surface area contributed by atoms with Crippen LogP contribution in [-0.4, -0.2) is 44.7 Å². The molecule has 0 aliphatic heterocycles. The van der Waals surface area contributed by atoms with Crippen molar-refractivity contribution in [2.24, 2.45) is 0 Å². The van der Waals surface area contributed by atoms with Crippen molar-refractivity contribution in [3.05, 3.63) is 59.7 Å². The Balaban J connectivity index is 2.01. The van der Waals surface area contributed by atoms with Crippen LogP contribution in [0.4, 0.5) is 10.5 Å². The predicted molar refractivity (Wildman–Crippen MR) is 107 cm³/mol. The average molecular weight is 355 g/mol. The third kappa shape index (κ3) is 6.41. The van der Waals surface area contributed by atoms with E-state index in [1.54, 1.807) is 7.11 Å². The largest absolute Gasteiger partial charge is 0.496 e. The van der Waals surface area contributed by atoms with Crippen molar-refractivity contribution >= 4 is 11.7 Å². The minimum atomic E-state index is -0.188. The number of urea groups is 1. The highest BCUT2D eigenvalue weighted by Crippen LogP contribution is 2.25. The molecule has 0 radical (unpaired) electrons. The second-order valence-corrected chi connectivity index (χ2v) is 6.78. The van der Waals surface area contributed by atoms with Crippen molar-refractivity contribution in [2.45, 2.75) is 25.8 Å². The number of nitrogens with one attached hydrogen (secondary N) is 2. The zero-order chi connectivity index (χ0) is 18.9. The van der Waals surface area contributed by atoms with Gasteiger partial charge in [0, 0.05) is 23.7 Å². The maximum atomic E-state index is 12.2. The van der Waals surface area contributed by atoms with E-state index >= 15 is 0 Å². The lowest BCUT2D eigenvalue weighted by Crippen LogP contribution is -2.37. The summed E-state index contributed by atoms with van der Waals surface area (Å²) in [6, 6.07) is 15.8. The number of carbonyl (C=O) groups is 1. The number of carbonyl (C=O) groups excluding carboxylic acids is 1. The van der Waals surface area contributed by atoms with Crippen molar-refractivity contribution in [1.82, 2.24) is 10.2 Å². The van der Waals surface area contributed by atoms with Crippen molar-refractivity contribution in [2.75, 3.05) is 33.1 Å². The van der Waals surface area contributed by atoms with Gasteiger partial charge in [-0.25, -0.2) is 4.79 Å². The van der Waals surface area contributed by atoms with Crippen molar-refractivity contribution in [1.29, 1.82) is 0 Å². The fraction of sp³-hybridized carbons (Fsp3) is 0.381. The van der Waals surface area contributed by atoms with E-state index in [0.29, 0.717) is 0 Å². The van der Waals surface area contributed by atoms with Crippen LogP contribution in [0, 0.1) is 0 Å². The van der Waals surface area contributed by atoms with E-state index in [0.717, 1.165) is 36.4 Å². The Bertz CT molecular complexity index is 702. The van der Waals surface area contributed by atoms with Gasteiger partial charge in [-0.3, -0.25) is 0 Å². The van der Waals surface area contributed by atoms with Gasteiger partial charge in [-0.15, -0.1) is 0 Å². The normalized spacial score (nSPS) is 11.9. The highest BCUT2D eigenvalue weighted by atomic mass is 16.5. The molecule has 0 heterocycles. The van der Waals surface area contributed by atoms with E-state index in [4.69, 9.17) is 4.74 Å². The Hall–Kier alpha value is -2.53. The minimum Gasteiger partial charge on any atom is -0.496 e. The number of anilines is 1. The summed E-state index contributed by atoms with van der Waals surface area (Å²) in [5.41, 5.74) is 3.00. The highest BCUT2D eigenvalue weighted by Gasteiger charge is 2.10. The second kappa shape index (κ2) is 9.82. The lowest BCUT2D eigenvalue weighted by atomic mass is 10.0. The average Bonchev–Trinajstić information content (AvgIpc) is 2.61. The maximum Gasteiger partial charge on any atom is 0.319 e. The van der Waals surface area contributed by atoms with Gasteiger partial charge in [-0.2, -0.15) is 0 Å². The van der Waals surface area contributed by atoms with Crippen molar-refractivity contribution in [3.8, 4) is 5.75 Å². The van der Waals surface area contributed by atoms with Gasteiger partial charge in [0.05, 0.1) is 7.11 Å². The molecule has 0 aliphatic carbocycles. The summed E-state index contributed by atoms with van der Waals surface area (Å²) in [5, 5.41) is 5.89. The zero-order valence-corrected chi connectivity index (χ0v) is 16.1. The van der Waals surface area contributed by atoms with Crippen LogP contribution in [0.1, 0.15) is 24.5 Å². The molecule has 2 aromatic rings. The van der Waals surface area contributed by atoms with E-state index in [9.17, 15) is 4.79 Å². The number of benzene rings is 2. The number of ether oxygens (including phenoxy) is 1. The fourth-order valence-electron chi connectivity index (χ4n) is 2.73. The fourth-order valence-corrected chi connectivity index (χ4v) is 2.73. The van der Waals surface area contributed by atoms with E-state index in [1.807, 2.05) is 57.4 Å². The van der Waals surface area contributed by atoms with E-state index in [2.05, 4.69) is 27.7 Å². The number of amides is 2. The predicted octanol–water partition coefficient (Wildman–Crippen LogP) is 3.75. The van der Waals surface area contributed by atoms with Gasteiger partial charge < -0.3 is 20.3 Å². The lowest BCUT2D eigenvalue weighted by molar-refractivity contribution is 0.247. The summed E-state index contributed by atoms with van der Waals surface area (Å²) in [6.45, 7) is 2.95. The summed E-state index contributed by atoms with van der Waals surface area (Å²) in [6.07, 6.45) is 1.66. The molecular formula is C21H29N3O2. The smallest absolute Gasteiger partial charge is 0.319 e. The monoisotopic (exact) mass is 355 g/mol. The SMILES string of the molecule is COc1ccc(NC(=O)NC(C)CCN(C)C)cc1Cc1ccccc1. The first kappa shape index (κ1) is 19.8. The summed E-state index contributed by atoms with van der Waals surface area (Å²) in [5.74, 6) is 0.819. The van der Waals surface area contributed by atoms with Crippen LogP contribution in [-0.2, 0) is 6.42 Å². The molecule has 0 aliphatic rings. The van der Waals surface area contributed by atoms with Gasteiger partial charge >= 0.3 is 6.03 Å². The van der Waals surface area contributed by atoms with Gasteiger partial charge in [0.1, 0.15) is 5.75 Å². The Morgan fingerprint density at radius 1 is 1.15 bits per heavy atom. The quantitative estimate of drug-likeness (QED) is 0.758. The van der Waals surface area contributed by atoms with Crippen molar-refractivity contribution < 1.29 is 9.53 Å². The Kier molecular flexibility index (Phi) is 7.48. The summed E-state index contributed by atoms with van der Waals surface area (Å²) in [4.78, 5) is 14.3. The molecule has 0 fully saturated rings. The van der Waals surface area contributed by atoms with Crippen LogP contribution in [0.15, 0.2) is 48.5 Å². The molecule has 1 atom stereocenters. The topological polar surface area (TPSA) is 53.6 Å². The highest BCUT2D eigenvalue weighted by molar-refractivity contribution is 5.89. The molecule has 0 saturated carbocycles. The molecule has 2 aromatic carbocycles. The van der Waals surface area contributed by atoms with Crippen LogP contribution in [0.2, 0.25) is 0 Å². The van der Waals surface area contributed by atoms with Gasteiger partial charge in [-0.1, -0.05) is 30.3 Å². The molecule has 0 bridgehead atoms. The molecule has 5 heteroatoms. The van der Waals surface area contributed by atoms with Gasteiger partial charge in [-0.05, 0) is 57.7 Å². The van der Waals surface area contributed by atoms with Gasteiger partial charge in [0.15, 0.2) is 0 Å². The molecule has 2 rings (SSSR count). The van der Waals surface area contributed by atoms with Gasteiger partial charge in [0.25, 0.3) is 0 Å². The molecule has 1 unspecified atom stereocenters. The lowest BCUT2D eigenvalue weighted by Gasteiger charge is -2.17. The van der Waals surface area contributed by atoms with Crippen molar-refractivity contribution in [3.63, 3.8) is 0 Å². The first-order chi connectivity index (χ1) is 12.5. The van der Waals surface area contributed by atoms with E-state index in [-0.39, 0.29) is 12.1 Å². The summed E-state index contributed by atoms with van der Waals surface area (Å²) in [7, 11) is 5.72. The number of methoxy groups -OCH3 is 1. The molecule has 26 heavy (non-hydrogen) atoms. The minimum absolute atomic E-state index is 0.111. The standard InChI is InChI=1S/C21H29N3O2/c1-16(12-13-24(2)3)22-21(25)23-19-10-11-20(26-4)18(15-19)14-17-8-6-5-7-9-17/h5-11,15-16H,12-14H2,1-4H3,(H2,22,23,25). The Labute approximate surface area is 156 Å². The van der Waals surface area contributed by atoms with Crippen LogP contribution < -0.4 is 15.4 Å². The number of hydrogen-bond acceptors (Lipinski definition) is 3. The number of rotatable bonds is 8. The first-order valence-electron chi connectivity index (χ1n) is 8.91. The first-order valence-corrected chi connectivity index (χ1v) is 8.91. The molecule has 2 N–H and O–H groups in total. The molecular weight excluding hydrogens is 326 g/mol. The molecule has 0 spiro atoms. The van der Waals surface area contributed by atoms with E-state index < -0.39 is 0 Å². The Morgan fingerprint density at radius 3 is 2.54 bits per heavy atom. The third-order valence-corrected chi connectivity index (χ3v) is 4.16. The molecule has 5 nitrogen and oxygen atoms in total.